The number of halogens is 1. The molecule has 0 aromatic heterocycles. The summed E-state index contributed by atoms with van der Waals surface area (Å²) in [6.45, 7) is 4.08. The molecule has 0 radical (unpaired) electrons. The number of benzene rings is 1. The zero-order chi connectivity index (χ0) is 12.1. The van der Waals surface area contributed by atoms with Crippen LogP contribution in [0, 0.1) is 0 Å². The number of ether oxygens (including phenoxy) is 1. The fraction of sp³-hybridized carbons (Fsp3) is 0.462. The molecule has 0 aliphatic rings. The van der Waals surface area contributed by atoms with Gasteiger partial charge in [0.1, 0.15) is 12.0 Å². The fourth-order valence-corrected chi connectivity index (χ4v) is 2.06. The lowest BCUT2D eigenvalue weighted by Gasteiger charge is -2.16. The Morgan fingerprint density at radius 1 is 1.50 bits per heavy atom. The van der Waals surface area contributed by atoms with E-state index in [1.54, 1.807) is 7.11 Å². The van der Waals surface area contributed by atoms with Crippen molar-refractivity contribution in [1.29, 1.82) is 0 Å². The SMILES string of the molecule is CCc1cc(Cl)c(OC)c(C(C)CC=O)c1. The summed E-state index contributed by atoms with van der Waals surface area (Å²) in [5.41, 5.74) is 2.18. The van der Waals surface area contributed by atoms with Gasteiger partial charge in [-0.2, -0.15) is 0 Å². The number of hydrogen-bond acceptors (Lipinski definition) is 2. The van der Waals surface area contributed by atoms with Crippen LogP contribution in [0.2, 0.25) is 5.02 Å². The number of hydrogen-bond donors (Lipinski definition) is 0. The summed E-state index contributed by atoms with van der Waals surface area (Å²) in [5, 5.41) is 0.620. The van der Waals surface area contributed by atoms with E-state index in [0.717, 1.165) is 18.3 Å². The second-order valence-corrected chi connectivity index (χ2v) is 4.26. The molecule has 0 saturated carbocycles. The molecule has 0 fully saturated rings. The Kier molecular flexibility index (Phi) is 4.81. The molecule has 88 valence electrons. The Morgan fingerprint density at radius 3 is 2.69 bits per heavy atom. The van der Waals surface area contributed by atoms with Crippen molar-refractivity contribution in [3.05, 3.63) is 28.3 Å². The van der Waals surface area contributed by atoms with Crippen LogP contribution in [0.1, 0.15) is 37.3 Å². The average molecular weight is 241 g/mol. The van der Waals surface area contributed by atoms with Gasteiger partial charge in [-0.15, -0.1) is 0 Å². The van der Waals surface area contributed by atoms with Crippen molar-refractivity contribution in [2.45, 2.75) is 32.6 Å². The molecule has 1 rings (SSSR count). The Morgan fingerprint density at radius 2 is 2.19 bits per heavy atom. The van der Waals surface area contributed by atoms with Gasteiger partial charge in [-0.25, -0.2) is 0 Å². The summed E-state index contributed by atoms with van der Waals surface area (Å²) in [4.78, 5) is 10.6. The molecule has 3 heteroatoms. The maximum absolute atomic E-state index is 10.6. The molecule has 0 bridgehead atoms. The van der Waals surface area contributed by atoms with E-state index in [-0.39, 0.29) is 5.92 Å². The van der Waals surface area contributed by atoms with Gasteiger partial charge >= 0.3 is 0 Å². The van der Waals surface area contributed by atoms with Crippen LogP contribution in [-0.4, -0.2) is 13.4 Å². The number of carbonyl (C=O) groups is 1. The lowest BCUT2D eigenvalue weighted by atomic mass is 9.95. The van der Waals surface area contributed by atoms with Gasteiger partial charge in [-0.3, -0.25) is 0 Å². The topological polar surface area (TPSA) is 26.3 Å². The quantitative estimate of drug-likeness (QED) is 0.735. The molecular weight excluding hydrogens is 224 g/mol. The normalized spacial score (nSPS) is 12.2. The number of carbonyl (C=O) groups excluding carboxylic acids is 1. The minimum absolute atomic E-state index is 0.136. The highest BCUT2D eigenvalue weighted by Gasteiger charge is 2.15. The average Bonchev–Trinajstić information content (AvgIpc) is 2.28. The summed E-state index contributed by atoms with van der Waals surface area (Å²) in [6.07, 6.45) is 2.33. The molecule has 0 saturated heterocycles. The molecule has 16 heavy (non-hydrogen) atoms. The maximum Gasteiger partial charge on any atom is 0.140 e. The molecule has 1 atom stereocenters. The third kappa shape index (κ3) is 2.76. The first kappa shape index (κ1) is 13.0. The monoisotopic (exact) mass is 240 g/mol. The van der Waals surface area contributed by atoms with Crippen LogP contribution >= 0.6 is 11.6 Å². The second-order valence-electron chi connectivity index (χ2n) is 3.86. The number of rotatable bonds is 5. The predicted octanol–water partition coefficient (Wildman–Crippen LogP) is 3.60. The smallest absolute Gasteiger partial charge is 0.140 e. The zero-order valence-corrected chi connectivity index (χ0v) is 10.7. The van der Waals surface area contributed by atoms with Crippen LogP contribution in [0.15, 0.2) is 12.1 Å². The van der Waals surface area contributed by atoms with Crippen molar-refractivity contribution < 1.29 is 9.53 Å². The zero-order valence-electron chi connectivity index (χ0n) is 9.92. The van der Waals surface area contributed by atoms with Crippen LogP contribution < -0.4 is 4.74 Å². The van der Waals surface area contributed by atoms with Crippen molar-refractivity contribution >= 4 is 17.9 Å². The highest BCUT2D eigenvalue weighted by atomic mass is 35.5. The first-order valence-corrected chi connectivity index (χ1v) is 5.81. The number of methoxy groups -OCH3 is 1. The van der Waals surface area contributed by atoms with E-state index in [4.69, 9.17) is 16.3 Å². The number of aldehydes is 1. The fourth-order valence-electron chi connectivity index (χ4n) is 1.73. The lowest BCUT2D eigenvalue weighted by molar-refractivity contribution is -0.108. The Balaban J connectivity index is 3.21. The molecule has 0 amide bonds. The van der Waals surface area contributed by atoms with Gasteiger partial charge in [0.15, 0.2) is 0 Å². The minimum Gasteiger partial charge on any atom is -0.495 e. The highest BCUT2D eigenvalue weighted by Crippen LogP contribution is 2.36. The van der Waals surface area contributed by atoms with Gasteiger partial charge in [0, 0.05) is 6.42 Å². The van der Waals surface area contributed by atoms with Gasteiger partial charge in [0.05, 0.1) is 12.1 Å². The highest BCUT2D eigenvalue weighted by molar-refractivity contribution is 6.32. The lowest BCUT2D eigenvalue weighted by Crippen LogP contribution is -2.00. The van der Waals surface area contributed by atoms with E-state index in [1.165, 1.54) is 5.56 Å². The minimum atomic E-state index is 0.136. The Labute approximate surface area is 102 Å². The first-order chi connectivity index (χ1) is 7.63. The van der Waals surface area contributed by atoms with Gasteiger partial charge in [0.2, 0.25) is 0 Å². The van der Waals surface area contributed by atoms with E-state index >= 15 is 0 Å². The molecule has 1 aromatic rings. The van der Waals surface area contributed by atoms with Crippen LogP contribution in [0.5, 0.6) is 5.75 Å². The third-order valence-electron chi connectivity index (χ3n) is 2.73. The molecule has 0 N–H and O–H groups in total. The van der Waals surface area contributed by atoms with Gasteiger partial charge in [-0.05, 0) is 29.5 Å². The standard InChI is InChI=1S/C13H17ClO2/c1-4-10-7-11(9(2)5-6-15)13(16-3)12(14)8-10/h6-9H,4-5H2,1-3H3. The van der Waals surface area contributed by atoms with Crippen molar-refractivity contribution in [2.75, 3.05) is 7.11 Å². The van der Waals surface area contributed by atoms with Crippen LogP contribution in [0.25, 0.3) is 0 Å². The van der Waals surface area contributed by atoms with E-state index in [1.807, 2.05) is 13.0 Å². The van der Waals surface area contributed by atoms with Crippen molar-refractivity contribution in [3.8, 4) is 5.75 Å². The first-order valence-electron chi connectivity index (χ1n) is 5.43. The molecule has 1 unspecified atom stereocenters. The van der Waals surface area contributed by atoms with E-state index < -0.39 is 0 Å². The van der Waals surface area contributed by atoms with E-state index in [2.05, 4.69) is 13.0 Å². The molecule has 0 aliphatic carbocycles. The molecular formula is C13H17ClO2. The largest absolute Gasteiger partial charge is 0.495 e. The summed E-state index contributed by atoms with van der Waals surface area (Å²) in [5.74, 6) is 0.824. The Bertz CT molecular complexity index is 374. The van der Waals surface area contributed by atoms with Gasteiger partial charge in [0.25, 0.3) is 0 Å². The predicted molar refractivity (Wildman–Crippen MR) is 66.5 cm³/mol. The molecule has 0 aliphatic heterocycles. The van der Waals surface area contributed by atoms with Crippen molar-refractivity contribution in [3.63, 3.8) is 0 Å². The molecule has 1 aromatic carbocycles. The van der Waals surface area contributed by atoms with Crippen LogP contribution in [0.4, 0.5) is 0 Å². The van der Waals surface area contributed by atoms with Crippen molar-refractivity contribution in [1.82, 2.24) is 0 Å². The Hall–Kier alpha value is -1.02. The summed E-state index contributed by atoms with van der Waals surface area (Å²) < 4.78 is 5.30. The molecule has 2 nitrogen and oxygen atoms in total. The number of aryl methyl sites for hydroxylation is 1. The summed E-state index contributed by atoms with van der Waals surface area (Å²) in [7, 11) is 1.60. The van der Waals surface area contributed by atoms with Crippen LogP contribution in [0.3, 0.4) is 0 Å². The van der Waals surface area contributed by atoms with E-state index in [0.29, 0.717) is 17.2 Å². The van der Waals surface area contributed by atoms with Gasteiger partial charge in [-0.1, -0.05) is 31.5 Å². The summed E-state index contributed by atoms with van der Waals surface area (Å²) in [6, 6.07) is 3.98. The van der Waals surface area contributed by atoms with Gasteiger partial charge < -0.3 is 9.53 Å². The second kappa shape index (κ2) is 5.90. The third-order valence-corrected chi connectivity index (χ3v) is 3.01. The maximum atomic E-state index is 10.6. The van der Waals surface area contributed by atoms with E-state index in [9.17, 15) is 4.79 Å². The van der Waals surface area contributed by atoms with Crippen molar-refractivity contribution in [2.24, 2.45) is 0 Å². The van der Waals surface area contributed by atoms with Crippen LogP contribution in [-0.2, 0) is 11.2 Å². The molecule has 0 heterocycles. The molecule has 0 spiro atoms. The summed E-state index contributed by atoms with van der Waals surface area (Å²) >= 11 is 6.14.